The van der Waals surface area contributed by atoms with Crippen LogP contribution in [0.4, 0.5) is 0 Å². The highest BCUT2D eigenvalue weighted by molar-refractivity contribution is 4.91. The molecule has 1 N–H and O–H groups in total. The Morgan fingerprint density at radius 1 is 1.20 bits per heavy atom. The Hall–Kier alpha value is -0.0800. The van der Waals surface area contributed by atoms with Crippen LogP contribution in [-0.4, -0.2) is 37.1 Å². The van der Waals surface area contributed by atoms with Gasteiger partial charge in [-0.1, -0.05) is 13.3 Å². The molecular weight excluding hydrogens is 184 g/mol. The van der Waals surface area contributed by atoms with Gasteiger partial charge in [0.2, 0.25) is 0 Å². The van der Waals surface area contributed by atoms with Gasteiger partial charge in [0.15, 0.2) is 0 Å². The lowest BCUT2D eigenvalue weighted by atomic mass is 10.0. The second-order valence-corrected chi connectivity index (χ2v) is 5.26. The first kappa shape index (κ1) is 11.4. The average molecular weight is 210 g/mol. The molecule has 2 heteroatoms. The van der Waals surface area contributed by atoms with E-state index in [1.807, 2.05) is 0 Å². The summed E-state index contributed by atoms with van der Waals surface area (Å²) < 4.78 is 0. The third-order valence-electron chi connectivity index (χ3n) is 4.41. The predicted molar refractivity (Wildman–Crippen MR) is 65.1 cm³/mol. The predicted octanol–water partition coefficient (Wildman–Crippen LogP) is 2.25. The molecule has 0 radical (unpaired) electrons. The van der Waals surface area contributed by atoms with Gasteiger partial charge in [-0.15, -0.1) is 0 Å². The lowest BCUT2D eigenvalue weighted by Gasteiger charge is -2.34. The third-order valence-corrected chi connectivity index (χ3v) is 4.41. The number of hydrogen-bond donors (Lipinski definition) is 1. The molecule has 2 rings (SSSR count). The van der Waals surface area contributed by atoms with Crippen molar-refractivity contribution in [3.63, 3.8) is 0 Å². The summed E-state index contributed by atoms with van der Waals surface area (Å²) in [7, 11) is 2.09. The van der Waals surface area contributed by atoms with Gasteiger partial charge in [0.05, 0.1) is 0 Å². The molecule has 1 saturated heterocycles. The van der Waals surface area contributed by atoms with E-state index in [0.717, 1.165) is 18.0 Å². The molecule has 2 fully saturated rings. The van der Waals surface area contributed by atoms with E-state index in [9.17, 15) is 0 Å². The van der Waals surface area contributed by atoms with Crippen LogP contribution in [0.3, 0.4) is 0 Å². The summed E-state index contributed by atoms with van der Waals surface area (Å²) in [5.74, 6) is 0.919. The van der Waals surface area contributed by atoms with Crippen molar-refractivity contribution in [3.8, 4) is 0 Å². The first-order valence-electron chi connectivity index (χ1n) is 6.77. The van der Waals surface area contributed by atoms with Gasteiger partial charge >= 0.3 is 0 Å². The fraction of sp³-hybridized carbons (Fsp3) is 1.00. The Labute approximate surface area is 94.4 Å². The highest BCUT2D eigenvalue weighted by Gasteiger charge is 2.36. The molecule has 1 heterocycles. The molecule has 15 heavy (non-hydrogen) atoms. The lowest BCUT2D eigenvalue weighted by Crippen LogP contribution is -2.43. The molecule has 3 atom stereocenters. The van der Waals surface area contributed by atoms with Crippen molar-refractivity contribution in [2.75, 3.05) is 20.1 Å². The summed E-state index contributed by atoms with van der Waals surface area (Å²) in [6.07, 6.45) is 8.56. The Balaban J connectivity index is 1.95. The maximum absolute atomic E-state index is 3.37. The van der Waals surface area contributed by atoms with Crippen LogP contribution in [-0.2, 0) is 0 Å². The Kier molecular flexibility index (Phi) is 4.04. The zero-order valence-electron chi connectivity index (χ0n) is 10.3. The summed E-state index contributed by atoms with van der Waals surface area (Å²) in [4.78, 5) is 2.83. The molecule has 88 valence electrons. The van der Waals surface area contributed by atoms with E-state index < -0.39 is 0 Å². The van der Waals surface area contributed by atoms with Gasteiger partial charge in [-0.05, 0) is 58.2 Å². The second kappa shape index (κ2) is 5.31. The van der Waals surface area contributed by atoms with E-state index >= 15 is 0 Å². The van der Waals surface area contributed by atoms with Crippen LogP contribution in [0, 0.1) is 5.92 Å². The summed E-state index contributed by atoms with van der Waals surface area (Å²) in [6.45, 7) is 4.94. The molecule has 0 spiro atoms. The molecule has 3 unspecified atom stereocenters. The minimum Gasteiger partial charge on any atom is -0.319 e. The van der Waals surface area contributed by atoms with Gasteiger partial charge in [0, 0.05) is 12.1 Å². The van der Waals surface area contributed by atoms with Crippen LogP contribution in [0.25, 0.3) is 0 Å². The maximum atomic E-state index is 3.37. The molecule has 0 aromatic heterocycles. The van der Waals surface area contributed by atoms with Crippen molar-refractivity contribution in [2.24, 2.45) is 5.92 Å². The van der Waals surface area contributed by atoms with Crippen LogP contribution in [0.15, 0.2) is 0 Å². The number of nitrogens with zero attached hydrogens (tertiary/aromatic N) is 1. The molecule has 2 aliphatic rings. The van der Waals surface area contributed by atoms with Crippen LogP contribution < -0.4 is 5.32 Å². The van der Waals surface area contributed by atoms with Crippen molar-refractivity contribution in [1.29, 1.82) is 0 Å². The summed E-state index contributed by atoms with van der Waals surface area (Å²) in [5.41, 5.74) is 0. The average Bonchev–Trinajstić information content (AvgIpc) is 2.84. The van der Waals surface area contributed by atoms with Crippen molar-refractivity contribution in [3.05, 3.63) is 0 Å². The number of nitrogens with one attached hydrogen (secondary N) is 1. The van der Waals surface area contributed by atoms with Crippen LogP contribution in [0.1, 0.15) is 45.4 Å². The van der Waals surface area contributed by atoms with Crippen molar-refractivity contribution < 1.29 is 0 Å². The smallest absolute Gasteiger partial charge is 0.0139 e. The molecule has 0 aromatic carbocycles. The molecular formula is C13H26N2. The highest BCUT2D eigenvalue weighted by atomic mass is 15.2. The molecule has 2 nitrogen and oxygen atoms in total. The maximum Gasteiger partial charge on any atom is 0.0139 e. The topological polar surface area (TPSA) is 15.3 Å². The Bertz CT molecular complexity index is 193. The monoisotopic (exact) mass is 210 g/mol. The van der Waals surface area contributed by atoms with Crippen molar-refractivity contribution in [1.82, 2.24) is 10.2 Å². The van der Waals surface area contributed by atoms with E-state index in [-0.39, 0.29) is 0 Å². The van der Waals surface area contributed by atoms with E-state index in [2.05, 4.69) is 24.2 Å². The summed E-state index contributed by atoms with van der Waals surface area (Å²) >= 11 is 0. The van der Waals surface area contributed by atoms with Crippen LogP contribution >= 0.6 is 0 Å². The largest absolute Gasteiger partial charge is 0.319 e. The Morgan fingerprint density at radius 3 is 2.80 bits per heavy atom. The van der Waals surface area contributed by atoms with Gasteiger partial charge in [-0.3, -0.25) is 4.90 Å². The molecule has 1 saturated carbocycles. The lowest BCUT2D eigenvalue weighted by molar-refractivity contribution is 0.141. The van der Waals surface area contributed by atoms with Gasteiger partial charge in [-0.25, -0.2) is 0 Å². The highest BCUT2D eigenvalue weighted by Crippen LogP contribution is 2.34. The second-order valence-electron chi connectivity index (χ2n) is 5.26. The Morgan fingerprint density at radius 2 is 2.07 bits per heavy atom. The zero-order chi connectivity index (χ0) is 10.7. The normalized spacial score (nSPS) is 37.6. The van der Waals surface area contributed by atoms with Gasteiger partial charge < -0.3 is 5.32 Å². The van der Waals surface area contributed by atoms with Gasteiger partial charge in [0.25, 0.3) is 0 Å². The van der Waals surface area contributed by atoms with Crippen molar-refractivity contribution >= 4 is 0 Å². The first-order valence-corrected chi connectivity index (χ1v) is 6.77. The first-order chi connectivity index (χ1) is 7.36. The summed E-state index contributed by atoms with van der Waals surface area (Å²) in [5, 5.41) is 3.37. The van der Waals surface area contributed by atoms with E-state index in [0.29, 0.717) is 0 Å². The van der Waals surface area contributed by atoms with Crippen LogP contribution in [0.5, 0.6) is 0 Å². The molecule has 1 aliphatic heterocycles. The minimum atomic E-state index is 0.893. The molecule has 0 aromatic rings. The number of hydrogen-bond acceptors (Lipinski definition) is 2. The fourth-order valence-corrected chi connectivity index (χ4v) is 3.69. The van der Waals surface area contributed by atoms with Gasteiger partial charge in [-0.2, -0.15) is 0 Å². The zero-order valence-corrected chi connectivity index (χ0v) is 10.3. The van der Waals surface area contributed by atoms with E-state index in [4.69, 9.17) is 0 Å². The molecule has 0 amide bonds. The third kappa shape index (κ3) is 2.36. The summed E-state index contributed by atoms with van der Waals surface area (Å²) in [6, 6.07) is 1.79. The number of rotatable bonds is 4. The van der Waals surface area contributed by atoms with E-state index in [1.54, 1.807) is 0 Å². The SMILES string of the molecule is CCC1CCCN1C1CCCC1CNC. The van der Waals surface area contributed by atoms with Gasteiger partial charge in [0.1, 0.15) is 0 Å². The standard InChI is InChI=1S/C13H26N2/c1-3-12-7-5-9-15(12)13-8-4-6-11(13)10-14-2/h11-14H,3-10H2,1-2H3. The minimum absolute atomic E-state index is 0.893. The molecule has 0 bridgehead atoms. The number of likely N-dealkylation sites (tertiary alicyclic amines) is 1. The fourth-order valence-electron chi connectivity index (χ4n) is 3.69. The van der Waals surface area contributed by atoms with Crippen molar-refractivity contribution in [2.45, 2.75) is 57.5 Å². The quantitative estimate of drug-likeness (QED) is 0.765. The molecule has 1 aliphatic carbocycles. The van der Waals surface area contributed by atoms with Crippen LogP contribution in [0.2, 0.25) is 0 Å². The van der Waals surface area contributed by atoms with E-state index in [1.165, 1.54) is 51.6 Å².